The number of nitrogens with two attached hydrogens (primary N) is 1. The maximum Gasteiger partial charge on any atom is 0.145 e. The first-order valence-corrected chi connectivity index (χ1v) is 5.86. The van der Waals surface area contributed by atoms with Crippen molar-refractivity contribution in [2.24, 2.45) is 11.1 Å². The van der Waals surface area contributed by atoms with E-state index in [-0.39, 0.29) is 22.3 Å². The molecule has 0 saturated carbocycles. The Morgan fingerprint density at radius 3 is 2.56 bits per heavy atom. The van der Waals surface area contributed by atoms with Crippen LogP contribution in [0.5, 0.6) is 0 Å². The molecule has 2 N–H and O–H groups in total. The van der Waals surface area contributed by atoms with E-state index in [9.17, 15) is 4.39 Å². The van der Waals surface area contributed by atoms with E-state index in [1.807, 2.05) is 0 Å². The maximum atomic E-state index is 13.6. The molecule has 3 heteroatoms. The summed E-state index contributed by atoms with van der Waals surface area (Å²) in [6.07, 6.45) is 1.39. The van der Waals surface area contributed by atoms with Gasteiger partial charge < -0.3 is 5.73 Å². The van der Waals surface area contributed by atoms with E-state index in [2.05, 4.69) is 20.8 Å². The zero-order chi connectivity index (χ0) is 12.3. The molecule has 0 radical (unpaired) electrons. The van der Waals surface area contributed by atoms with Gasteiger partial charge in [0.15, 0.2) is 0 Å². The molecule has 1 nitrogen and oxygen atoms in total. The summed E-state index contributed by atoms with van der Waals surface area (Å²) in [6.45, 7) is 6.38. The molecule has 0 aliphatic heterocycles. The molecule has 0 aromatic heterocycles. The molecule has 1 aromatic carbocycles. The van der Waals surface area contributed by atoms with Crippen LogP contribution in [0.15, 0.2) is 18.2 Å². The summed E-state index contributed by atoms with van der Waals surface area (Å²) in [5.74, 6) is -0.339. The highest BCUT2D eigenvalue weighted by molar-refractivity contribution is 6.30. The minimum absolute atomic E-state index is 0.0343. The quantitative estimate of drug-likeness (QED) is 0.859. The van der Waals surface area contributed by atoms with Crippen LogP contribution in [0.4, 0.5) is 4.39 Å². The van der Waals surface area contributed by atoms with Gasteiger partial charge in [-0.3, -0.25) is 0 Å². The normalized spacial score (nSPS) is 13.9. The molecule has 90 valence electrons. The summed E-state index contributed by atoms with van der Waals surface area (Å²) in [5, 5.41) is 0.167. The third-order valence-corrected chi connectivity index (χ3v) is 2.68. The summed E-state index contributed by atoms with van der Waals surface area (Å²) in [4.78, 5) is 0. The lowest BCUT2D eigenvalue weighted by atomic mass is 9.86. The zero-order valence-electron chi connectivity index (χ0n) is 10.1. The Kier molecular flexibility index (Phi) is 4.34. The van der Waals surface area contributed by atoms with Gasteiger partial charge in [-0.05, 0) is 29.9 Å². The summed E-state index contributed by atoms with van der Waals surface area (Å²) in [7, 11) is 0. The molecule has 16 heavy (non-hydrogen) atoms. The lowest BCUT2D eigenvalue weighted by Crippen LogP contribution is -2.28. The van der Waals surface area contributed by atoms with Crippen LogP contribution in [0.3, 0.4) is 0 Å². The molecule has 0 bridgehead atoms. The zero-order valence-corrected chi connectivity index (χ0v) is 10.8. The van der Waals surface area contributed by atoms with Crippen molar-refractivity contribution in [1.29, 1.82) is 0 Å². The molecular formula is C13H19ClFN. The Labute approximate surface area is 102 Å². The van der Waals surface area contributed by atoms with Crippen LogP contribution < -0.4 is 5.73 Å². The fourth-order valence-corrected chi connectivity index (χ4v) is 2.04. The van der Waals surface area contributed by atoms with Gasteiger partial charge in [-0.1, -0.05) is 44.5 Å². The molecule has 1 unspecified atom stereocenters. The van der Waals surface area contributed by atoms with Crippen LogP contribution in [-0.2, 0) is 6.42 Å². The van der Waals surface area contributed by atoms with Gasteiger partial charge in [0.1, 0.15) is 5.82 Å². The molecule has 0 amide bonds. The molecule has 0 saturated heterocycles. The van der Waals surface area contributed by atoms with E-state index in [0.29, 0.717) is 12.0 Å². The first-order valence-electron chi connectivity index (χ1n) is 5.48. The fraction of sp³-hybridized carbons (Fsp3) is 0.538. The predicted molar refractivity (Wildman–Crippen MR) is 67.2 cm³/mol. The van der Waals surface area contributed by atoms with Crippen LogP contribution >= 0.6 is 11.6 Å². The van der Waals surface area contributed by atoms with Crippen molar-refractivity contribution in [3.63, 3.8) is 0 Å². The van der Waals surface area contributed by atoms with Crippen LogP contribution in [0, 0.1) is 11.2 Å². The van der Waals surface area contributed by atoms with Gasteiger partial charge in [-0.15, -0.1) is 0 Å². The van der Waals surface area contributed by atoms with Crippen molar-refractivity contribution in [3.05, 3.63) is 34.6 Å². The molecule has 0 fully saturated rings. The lowest BCUT2D eigenvalue weighted by Gasteiger charge is -2.23. The van der Waals surface area contributed by atoms with Gasteiger partial charge in [0.05, 0.1) is 5.02 Å². The SMILES string of the molecule is CC(C)(C)CC(N)Cc1cccc(Cl)c1F. The smallest absolute Gasteiger partial charge is 0.145 e. The van der Waals surface area contributed by atoms with Crippen LogP contribution in [0.1, 0.15) is 32.8 Å². The van der Waals surface area contributed by atoms with Gasteiger partial charge in [0.2, 0.25) is 0 Å². The second-order valence-electron chi connectivity index (χ2n) is 5.44. The van der Waals surface area contributed by atoms with Crippen LogP contribution in [0.2, 0.25) is 5.02 Å². The molecular weight excluding hydrogens is 225 g/mol. The van der Waals surface area contributed by atoms with E-state index < -0.39 is 0 Å². The maximum absolute atomic E-state index is 13.6. The van der Waals surface area contributed by atoms with Crippen LogP contribution in [0.25, 0.3) is 0 Å². The highest BCUT2D eigenvalue weighted by atomic mass is 35.5. The van der Waals surface area contributed by atoms with E-state index in [1.54, 1.807) is 18.2 Å². The van der Waals surface area contributed by atoms with Gasteiger partial charge in [-0.2, -0.15) is 0 Å². The molecule has 1 atom stereocenters. The van der Waals surface area contributed by atoms with E-state index >= 15 is 0 Å². The summed E-state index contributed by atoms with van der Waals surface area (Å²) >= 11 is 5.71. The van der Waals surface area contributed by atoms with Gasteiger partial charge in [0.25, 0.3) is 0 Å². The Morgan fingerprint density at radius 2 is 2.00 bits per heavy atom. The number of halogens is 2. The number of benzene rings is 1. The summed E-state index contributed by atoms with van der Waals surface area (Å²) in [5.41, 5.74) is 6.76. The molecule has 1 rings (SSSR count). The average Bonchev–Trinajstić information content (AvgIpc) is 2.09. The van der Waals surface area contributed by atoms with Gasteiger partial charge >= 0.3 is 0 Å². The highest BCUT2D eigenvalue weighted by Gasteiger charge is 2.17. The second kappa shape index (κ2) is 5.15. The monoisotopic (exact) mass is 243 g/mol. The van der Waals surface area contributed by atoms with Gasteiger partial charge in [-0.25, -0.2) is 4.39 Å². The molecule has 0 aliphatic rings. The minimum atomic E-state index is -0.339. The Morgan fingerprint density at radius 1 is 1.38 bits per heavy atom. The third kappa shape index (κ3) is 4.11. The van der Waals surface area contributed by atoms with E-state index in [0.717, 1.165) is 6.42 Å². The summed E-state index contributed by atoms with van der Waals surface area (Å²) < 4.78 is 13.6. The lowest BCUT2D eigenvalue weighted by molar-refractivity contribution is 0.337. The van der Waals surface area contributed by atoms with Crippen molar-refractivity contribution in [1.82, 2.24) is 0 Å². The van der Waals surface area contributed by atoms with E-state index in [4.69, 9.17) is 17.3 Å². The van der Waals surface area contributed by atoms with Crippen molar-refractivity contribution < 1.29 is 4.39 Å². The fourth-order valence-electron chi connectivity index (χ4n) is 1.85. The first-order chi connectivity index (χ1) is 7.29. The molecule has 1 aromatic rings. The predicted octanol–water partition coefficient (Wildman–Crippen LogP) is 3.79. The third-order valence-electron chi connectivity index (χ3n) is 2.39. The minimum Gasteiger partial charge on any atom is -0.327 e. The largest absolute Gasteiger partial charge is 0.327 e. The average molecular weight is 244 g/mol. The second-order valence-corrected chi connectivity index (χ2v) is 5.85. The number of hydrogen-bond acceptors (Lipinski definition) is 1. The molecule has 0 heterocycles. The van der Waals surface area contributed by atoms with Crippen molar-refractivity contribution in [2.75, 3.05) is 0 Å². The number of rotatable bonds is 3. The Balaban J connectivity index is 2.70. The van der Waals surface area contributed by atoms with Crippen molar-refractivity contribution >= 4 is 11.6 Å². The van der Waals surface area contributed by atoms with Gasteiger partial charge in [0, 0.05) is 6.04 Å². The summed E-state index contributed by atoms with van der Waals surface area (Å²) in [6, 6.07) is 5.01. The number of hydrogen-bond donors (Lipinski definition) is 1. The Hall–Kier alpha value is -0.600. The van der Waals surface area contributed by atoms with E-state index in [1.165, 1.54) is 0 Å². The van der Waals surface area contributed by atoms with Crippen molar-refractivity contribution in [3.8, 4) is 0 Å². The molecule has 0 spiro atoms. The van der Waals surface area contributed by atoms with Crippen molar-refractivity contribution in [2.45, 2.75) is 39.7 Å². The standard InChI is InChI=1S/C13H19ClFN/c1-13(2,3)8-10(16)7-9-5-4-6-11(14)12(9)15/h4-6,10H,7-8,16H2,1-3H3. The first kappa shape index (κ1) is 13.5. The van der Waals surface area contributed by atoms with Crippen LogP contribution in [-0.4, -0.2) is 6.04 Å². The highest BCUT2D eigenvalue weighted by Crippen LogP contribution is 2.24. The topological polar surface area (TPSA) is 26.0 Å². The molecule has 0 aliphatic carbocycles. The Bertz CT molecular complexity index is 357.